The molecule has 2 atom stereocenters. The number of benzene rings is 2. The largest absolute Gasteiger partial charge is 0.497 e. The highest BCUT2D eigenvalue weighted by atomic mass is 32.2. The van der Waals surface area contributed by atoms with Gasteiger partial charge >= 0.3 is 0 Å². The Bertz CT molecular complexity index is 1310. The first kappa shape index (κ1) is 22.9. The molecule has 2 aromatic carbocycles. The minimum atomic E-state index is -0.728. The molecular formula is C25H21FN4O4S. The molecule has 1 aromatic heterocycles. The fourth-order valence-electron chi connectivity index (χ4n) is 3.88. The Morgan fingerprint density at radius 3 is 2.71 bits per heavy atom. The van der Waals surface area contributed by atoms with E-state index < -0.39 is 22.9 Å². The third-order valence-corrected chi connectivity index (χ3v) is 6.79. The number of hydrazone groups is 1. The zero-order chi connectivity index (χ0) is 24.4. The van der Waals surface area contributed by atoms with E-state index in [2.05, 4.69) is 10.3 Å². The molecule has 10 heteroatoms. The van der Waals surface area contributed by atoms with Crippen LogP contribution in [-0.2, 0) is 9.59 Å². The number of furan rings is 1. The molecule has 0 saturated carbocycles. The molecule has 0 spiro atoms. The summed E-state index contributed by atoms with van der Waals surface area (Å²) in [6.45, 7) is 0. The second kappa shape index (κ2) is 9.75. The number of hydrogen-bond donors (Lipinski definition) is 1. The lowest BCUT2D eigenvalue weighted by Crippen LogP contribution is -2.25. The van der Waals surface area contributed by atoms with Crippen molar-refractivity contribution in [2.45, 2.75) is 24.1 Å². The number of nitrogens with zero attached hydrogens (tertiary/aromatic N) is 3. The molecule has 1 N–H and O–H groups in total. The number of carbonyl (C=O) groups is 2. The maximum absolute atomic E-state index is 13.9. The second-order valence-corrected chi connectivity index (χ2v) is 9.10. The Balaban J connectivity index is 1.33. The molecule has 3 heterocycles. The number of rotatable bonds is 6. The molecule has 2 unspecified atom stereocenters. The molecule has 35 heavy (non-hydrogen) atoms. The number of aliphatic imine (C=N–C) groups is 1. The number of ether oxygens (including phenoxy) is 1. The van der Waals surface area contributed by atoms with Gasteiger partial charge in [-0.25, -0.2) is 9.40 Å². The molecule has 178 valence electrons. The summed E-state index contributed by atoms with van der Waals surface area (Å²) in [7, 11) is 1.61. The van der Waals surface area contributed by atoms with Gasteiger partial charge in [-0.15, -0.1) is 0 Å². The average molecular weight is 493 g/mol. The summed E-state index contributed by atoms with van der Waals surface area (Å²) in [6, 6.07) is 16.8. The summed E-state index contributed by atoms with van der Waals surface area (Å²) in [5.41, 5.74) is 1.80. The van der Waals surface area contributed by atoms with Crippen molar-refractivity contribution < 1.29 is 23.1 Å². The highest BCUT2D eigenvalue weighted by Crippen LogP contribution is 2.39. The molecule has 0 fully saturated rings. The van der Waals surface area contributed by atoms with Crippen LogP contribution in [0, 0.1) is 5.82 Å². The lowest BCUT2D eigenvalue weighted by molar-refractivity contribution is -0.121. The second-order valence-electron chi connectivity index (χ2n) is 7.93. The molecule has 8 nitrogen and oxygen atoms in total. The fourth-order valence-corrected chi connectivity index (χ4v) is 4.95. The molecule has 3 aromatic rings. The van der Waals surface area contributed by atoms with Gasteiger partial charge in [0.2, 0.25) is 5.91 Å². The molecule has 2 aliphatic heterocycles. The van der Waals surface area contributed by atoms with E-state index in [0.717, 1.165) is 17.0 Å². The van der Waals surface area contributed by atoms with E-state index in [1.165, 1.54) is 30.0 Å². The van der Waals surface area contributed by atoms with Crippen molar-refractivity contribution in [3.63, 3.8) is 0 Å². The minimum Gasteiger partial charge on any atom is -0.497 e. The normalized spacial score (nSPS) is 19.5. The van der Waals surface area contributed by atoms with Gasteiger partial charge in [-0.1, -0.05) is 23.9 Å². The van der Waals surface area contributed by atoms with Crippen LogP contribution in [0.2, 0.25) is 0 Å². The monoisotopic (exact) mass is 492 g/mol. The lowest BCUT2D eigenvalue weighted by Gasteiger charge is -2.20. The maximum atomic E-state index is 13.9. The van der Waals surface area contributed by atoms with Crippen LogP contribution in [0.1, 0.15) is 30.2 Å². The number of amidine groups is 1. The number of nitrogens with one attached hydrogen (secondary N) is 1. The van der Waals surface area contributed by atoms with Crippen molar-refractivity contribution in [1.82, 2.24) is 5.01 Å². The van der Waals surface area contributed by atoms with Gasteiger partial charge in [0.15, 0.2) is 5.17 Å². The number of methoxy groups -OCH3 is 1. The number of amides is 2. The van der Waals surface area contributed by atoms with E-state index >= 15 is 0 Å². The van der Waals surface area contributed by atoms with Crippen molar-refractivity contribution in [2.24, 2.45) is 10.1 Å². The Hall–Kier alpha value is -3.92. The van der Waals surface area contributed by atoms with Crippen LogP contribution in [0.3, 0.4) is 0 Å². The highest BCUT2D eigenvalue weighted by Gasteiger charge is 2.40. The lowest BCUT2D eigenvalue weighted by atomic mass is 10.0. The first-order valence-electron chi connectivity index (χ1n) is 10.9. The SMILES string of the molecule is COc1ccc(C2=NN(C3=NC(=O)C(CC(=O)Nc4ccccc4F)S3)C(c3ccco3)C2)cc1. The number of hydrogen-bond acceptors (Lipinski definition) is 7. The number of anilines is 1. The molecular weight excluding hydrogens is 471 g/mol. The molecule has 0 bridgehead atoms. The summed E-state index contributed by atoms with van der Waals surface area (Å²) < 4.78 is 24.7. The number of halogens is 1. The van der Waals surface area contributed by atoms with Crippen LogP contribution in [0.25, 0.3) is 0 Å². The van der Waals surface area contributed by atoms with E-state index in [4.69, 9.17) is 14.3 Å². The molecule has 5 rings (SSSR count). The quantitative estimate of drug-likeness (QED) is 0.540. The topological polar surface area (TPSA) is 96.5 Å². The summed E-state index contributed by atoms with van der Waals surface area (Å²) >= 11 is 1.17. The van der Waals surface area contributed by atoms with Crippen LogP contribution >= 0.6 is 11.8 Å². The predicted octanol–water partition coefficient (Wildman–Crippen LogP) is 4.61. The van der Waals surface area contributed by atoms with E-state index in [0.29, 0.717) is 17.3 Å². The molecule has 0 saturated heterocycles. The van der Waals surface area contributed by atoms with E-state index in [1.807, 2.05) is 30.3 Å². The third-order valence-electron chi connectivity index (χ3n) is 5.65. The number of carbonyl (C=O) groups excluding carboxylic acids is 2. The van der Waals surface area contributed by atoms with Gasteiger partial charge in [-0.05, 0) is 54.1 Å². The fraction of sp³-hybridized carbons (Fsp3) is 0.200. The van der Waals surface area contributed by atoms with Gasteiger partial charge in [-0.2, -0.15) is 10.1 Å². The highest BCUT2D eigenvalue weighted by molar-refractivity contribution is 8.15. The van der Waals surface area contributed by atoms with Crippen molar-refractivity contribution in [1.29, 1.82) is 0 Å². The van der Waals surface area contributed by atoms with Crippen LogP contribution in [-0.4, -0.2) is 40.1 Å². The van der Waals surface area contributed by atoms with E-state index in [9.17, 15) is 14.0 Å². The van der Waals surface area contributed by atoms with Gasteiger partial charge in [0.25, 0.3) is 5.91 Å². The van der Waals surface area contributed by atoms with Gasteiger partial charge in [0, 0.05) is 12.8 Å². The van der Waals surface area contributed by atoms with Crippen molar-refractivity contribution in [3.05, 3.63) is 84.1 Å². The van der Waals surface area contributed by atoms with Crippen LogP contribution in [0.5, 0.6) is 5.75 Å². The molecule has 0 aliphatic carbocycles. The Kier molecular flexibility index (Phi) is 6.37. The van der Waals surface area contributed by atoms with Gasteiger partial charge in [-0.3, -0.25) is 9.59 Å². The number of thioether (sulfide) groups is 1. The first-order valence-corrected chi connectivity index (χ1v) is 11.8. The average Bonchev–Trinajstić information content (AvgIpc) is 3.61. The van der Waals surface area contributed by atoms with Gasteiger partial charge in [0.1, 0.15) is 28.6 Å². The third kappa shape index (κ3) is 4.83. The molecule has 0 radical (unpaired) electrons. The summed E-state index contributed by atoms with van der Waals surface area (Å²) in [4.78, 5) is 29.3. The Morgan fingerprint density at radius 2 is 2.00 bits per heavy atom. The summed E-state index contributed by atoms with van der Waals surface area (Å²) in [5.74, 6) is -0.0101. The summed E-state index contributed by atoms with van der Waals surface area (Å²) in [6.07, 6.45) is 1.99. The van der Waals surface area contributed by atoms with Crippen molar-refractivity contribution in [2.75, 3.05) is 12.4 Å². The summed E-state index contributed by atoms with van der Waals surface area (Å²) in [5, 5.41) is 8.61. The van der Waals surface area contributed by atoms with Gasteiger partial charge < -0.3 is 14.5 Å². The zero-order valence-electron chi connectivity index (χ0n) is 18.7. The van der Waals surface area contributed by atoms with Crippen molar-refractivity contribution in [3.8, 4) is 5.75 Å². The van der Waals surface area contributed by atoms with Crippen LogP contribution in [0.15, 0.2) is 81.4 Å². The standard InChI is InChI=1S/C25H21FN4O4S/c1-33-16-10-8-15(9-11-16)19-13-20(21-7-4-12-34-21)30(29-19)25-28-24(32)22(35-25)14-23(31)27-18-6-3-2-5-17(18)26/h2-12,20,22H,13-14H2,1H3,(H,27,31). The van der Waals surface area contributed by atoms with E-state index in [1.54, 1.807) is 30.5 Å². The Morgan fingerprint density at radius 1 is 1.20 bits per heavy atom. The molecule has 2 aliphatic rings. The minimum absolute atomic E-state index is 0.0697. The first-order chi connectivity index (χ1) is 17.0. The maximum Gasteiger partial charge on any atom is 0.262 e. The Labute approximate surface area is 204 Å². The molecule has 2 amide bonds. The number of para-hydroxylation sites is 1. The van der Waals surface area contributed by atoms with Gasteiger partial charge in [0.05, 0.1) is 24.8 Å². The smallest absolute Gasteiger partial charge is 0.262 e. The predicted molar refractivity (Wildman–Crippen MR) is 131 cm³/mol. The van der Waals surface area contributed by atoms with Crippen LogP contribution in [0.4, 0.5) is 10.1 Å². The van der Waals surface area contributed by atoms with Crippen molar-refractivity contribution >= 4 is 40.1 Å². The van der Waals surface area contributed by atoms with E-state index in [-0.39, 0.29) is 18.2 Å². The zero-order valence-corrected chi connectivity index (χ0v) is 19.5. The van der Waals surface area contributed by atoms with Crippen LogP contribution < -0.4 is 10.1 Å².